The molecular weight excluding hydrogens is 272 g/mol. The quantitative estimate of drug-likeness (QED) is 0.892. The van der Waals surface area contributed by atoms with E-state index in [1.807, 2.05) is 30.3 Å². The summed E-state index contributed by atoms with van der Waals surface area (Å²) < 4.78 is 9.85. The SMILES string of the molecule is COC(=O)N[C@@H](Cc1ccccc1)C(=O)N1CCOCC1. The highest BCUT2D eigenvalue weighted by Crippen LogP contribution is 2.08. The fraction of sp³-hybridized carbons (Fsp3) is 0.467. The third kappa shape index (κ3) is 4.46. The largest absolute Gasteiger partial charge is 0.453 e. The van der Waals surface area contributed by atoms with Crippen LogP contribution in [0.3, 0.4) is 0 Å². The molecule has 0 radical (unpaired) electrons. The first kappa shape index (κ1) is 15.3. The lowest BCUT2D eigenvalue weighted by Gasteiger charge is -2.30. The van der Waals surface area contributed by atoms with Gasteiger partial charge in [-0.05, 0) is 5.56 Å². The van der Waals surface area contributed by atoms with Gasteiger partial charge in [-0.2, -0.15) is 0 Å². The van der Waals surface area contributed by atoms with Crippen molar-refractivity contribution >= 4 is 12.0 Å². The molecule has 114 valence electrons. The van der Waals surface area contributed by atoms with Gasteiger partial charge >= 0.3 is 6.09 Å². The number of nitrogens with zero attached hydrogens (tertiary/aromatic N) is 1. The van der Waals surface area contributed by atoms with Gasteiger partial charge in [-0.1, -0.05) is 30.3 Å². The zero-order chi connectivity index (χ0) is 15.1. The number of morpholine rings is 1. The van der Waals surface area contributed by atoms with E-state index in [4.69, 9.17) is 4.74 Å². The minimum Gasteiger partial charge on any atom is -0.453 e. The molecule has 0 unspecified atom stereocenters. The fourth-order valence-electron chi connectivity index (χ4n) is 2.26. The minimum absolute atomic E-state index is 0.104. The van der Waals surface area contributed by atoms with E-state index in [2.05, 4.69) is 10.1 Å². The number of hydrogen-bond acceptors (Lipinski definition) is 4. The molecule has 1 aliphatic heterocycles. The maximum atomic E-state index is 12.6. The molecule has 1 aromatic carbocycles. The summed E-state index contributed by atoms with van der Waals surface area (Å²) in [6.07, 6.45) is -0.163. The van der Waals surface area contributed by atoms with E-state index >= 15 is 0 Å². The molecule has 1 atom stereocenters. The molecule has 0 saturated carbocycles. The number of amides is 2. The van der Waals surface area contributed by atoms with Crippen molar-refractivity contribution in [2.45, 2.75) is 12.5 Å². The number of alkyl carbamates (subject to hydrolysis) is 1. The molecule has 0 bridgehead atoms. The van der Waals surface area contributed by atoms with Gasteiger partial charge in [0.1, 0.15) is 6.04 Å². The summed E-state index contributed by atoms with van der Waals surface area (Å²) in [5.41, 5.74) is 0.987. The Labute approximate surface area is 124 Å². The molecule has 21 heavy (non-hydrogen) atoms. The van der Waals surface area contributed by atoms with Crippen molar-refractivity contribution in [3.63, 3.8) is 0 Å². The average molecular weight is 292 g/mol. The van der Waals surface area contributed by atoms with Crippen molar-refractivity contribution in [1.82, 2.24) is 10.2 Å². The Hall–Kier alpha value is -2.08. The first-order valence-corrected chi connectivity index (χ1v) is 6.95. The summed E-state index contributed by atoms with van der Waals surface area (Å²) in [7, 11) is 1.29. The normalized spacial score (nSPS) is 16.1. The lowest BCUT2D eigenvalue weighted by Crippen LogP contribution is -2.52. The average Bonchev–Trinajstić information content (AvgIpc) is 2.55. The summed E-state index contributed by atoms with van der Waals surface area (Å²) in [5.74, 6) is -0.104. The van der Waals surface area contributed by atoms with E-state index in [1.165, 1.54) is 7.11 Å². The number of rotatable bonds is 4. The van der Waals surface area contributed by atoms with Crippen LogP contribution in [0.2, 0.25) is 0 Å². The number of carbonyl (C=O) groups excluding carboxylic acids is 2. The Kier molecular flexibility index (Phi) is 5.57. The number of methoxy groups -OCH3 is 1. The van der Waals surface area contributed by atoms with Crippen molar-refractivity contribution in [3.8, 4) is 0 Å². The molecule has 1 saturated heterocycles. The molecule has 0 spiro atoms. The first-order valence-electron chi connectivity index (χ1n) is 6.95. The fourth-order valence-corrected chi connectivity index (χ4v) is 2.26. The number of carbonyl (C=O) groups is 2. The standard InChI is InChI=1S/C15H20N2O4/c1-20-15(19)16-13(11-12-5-3-2-4-6-12)14(18)17-7-9-21-10-8-17/h2-6,13H,7-11H2,1H3,(H,16,19)/t13-/m0/s1. The zero-order valence-electron chi connectivity index (χ0n) is 12.1. The predicted octanol–water partition coefficient (Wildman–Crippen LogP) is 0.812. The third-order valence-corrected chi connectivity index (χ3v) is 3.38. The van der Waals surface area contributed by atoms with Gasteiger partial charge in [0, 0.05) is 19.5 Å². The van der Waals surface area contributed by atoms with Gasteiger partial charge in [0.15, 0.2) is 0 Å². The molecule has 6 nitrogen and oxygen atoms in total. The maximum absolute atomic E-state index is 12.6. The van der Waals surface area contributed by atoms with Gasteiger partial charge in [-0.15, -0.1) is 0 Å². The Bertz CT molecular complexity index is 472. The van der Waals surface area contributed by atoms with Crippen molar-refractivity contribution in [3.05, 3.63) is 35.9 Å². The lowest BCUT2D eigenvalue weighted by atomic mass is 10.0. The highest BCUT2D eigenvalue weighted by molar-refractivity contribution is 5.86. The molecule has 1 aromatic rings. The smallest absolute Gasteiger partial charge is 0.407 e. The molecule has 1 N–H and O–H groups in total. The van der Waals surface area contributed by atoms with Crippen LogP contribution in [0.4, 0.5) is 4.79 Å². The molecule has 1 fully saturated rings. The Balaban J connectivity index is 2.07. The Morgan fingerprint density at radius 3 is 2.57 bits per heavy atom. The van der Waals surface area contributed by atoms with Gasteiger partial charge < -0.3 is 19.7 Å². The monoisotopic (exact) mass is 292 g/mol. The number of hydrogen-bond donors (Lipinski definition) is 1. The lowest BCUT2D eigenvalue weighted by molar-refractivity contribution is -0.137. The maximum Gasteiger partial charge on any atom is 0.407 e. The zero-order valence-corrected chi connectivity index (χ0v) is 12.1. The van der Waals surface area contributed by atoms with Crippen LogP contribution in [0, 0.1) is 0 Å². The summed E-state index contributed by atoms with van der Waals surface area (Å²) in [5, 5.41) is 2.62. The van der Waals surface area contributed by atoms with Gasteiger partial charge in [0.25, 0.3) is 0 Å². The predicted molar refractivity (Wildman–Crippen MR) is 76.9 cm³/mol. The van der Waals surface area contributed by atoms with E-state index in [0.29, 0.717) is 32.7 Å². The molecule has 2 rings (SSSR count). The molecule has 0 aromatic heterocycles. The van der Waals surface area contributed by atoms with Crippen molar-refractivity contribution in [2.24, 2.45) is 0 Å². The van der Waals surface area contributed by atoms with E-state index in [0.717, 1.165) is 5.56 Å². The molecule has 1 heterocycles. The molecule has 2 amide bonds. The van der Waals surface area contributed by atoms with Crippen LogP contribution in [0.5, 0.6) is 0 Å². The minimum atomic E-state index is -0.627. The highest BCUT2D eigenvalue weighted by atomic mass is 16.5. The number of ether oxygens (including phenoxy) is 2. The van der Waals surface area contributed by atoms with Gasteiger partial charge in [-0.25, -0.2) is 4.79 Å². The van der Waals surface area contributed by atoms with Crippen LogP contribution >= 0.6 is 0 Å². The van der Waals surface area contributed by atoms with E-state index in [9.17, 15) is 9.59 Å². The molecular formula is C15H20N2O4. The first-order chi connectivity index (χ1) is 10.2. The van der Waals surface area contributed by atoms with Crippen molar-refractivity contribution in [2.75, 3.05) is 33.4 Å². The summed E-state index contributed by atoms with van der Waals surface area (Å²) in [4.78, 5) is 25.7. The highest BCUT2D eigenvalue weighted by Gasteiger charge is 2.27. The van der Waals surface area contributed by atoms with E-state index in [1.54, 1.807) is 4.90 Å². The summed E-state index contributed by atoms with van der Waals surface area (Å²) in [6, 6.07) is 8.96. The van der Waals surface area contributed by atoms with Crippen molar-refractivity contribution < 1.29 is 19.1 Å². The molecule has 6 heteroatoms. The van der Waals surface area contributed by atoms with Gasteiger partial charge in [0.2, 0.25) is 5.91 Å². The summed E-state index contributed by atoms with van der Waals surface area (Å²) >= 11 is 0. The van der Waals surface area contributed by atoms with Gasteiger partial charge in [-0.3, -0.25) is 4.79 Å². The van der Waals surface area contributed by atoms with Gasteiger partial charge in [0.05, 0.1) is 20.3 Å². The second kappa shape index (κ2) is 7.64. The van der Waals surface area contributed by atoms with Crippen LogP contribution in [0.1, 0.15) is 5.56 Å². The number of benzene rings is 1. The number of nitrogens with one attached hydrogen (secondary N) is 1. The van der Waals surface area contributed by atoms with Crippen LogP contribution < -0.4 is 5.32 Å². The van der Waals surface area contributed by atoms with Crippen LogP contribution in [-0.4, -0.2) is 56.4 Å². The molecule has 0 aliphatic carbocycles. The van der Waals surface area contributed by atoms with Crippen molar-refractivity contribution in [1.29, 1.82) is 0 Å². The second-order valence-electron chi connectivity index (χ2n) is 4.82. The van der Waals surface area contributed by atoms with Crippen LogP contribution in [0.25, 0.3) is 0 Å². The summed E-state index contributed by atoms with van der Waals surface area (Å²) in [6.45, 7) is 2.16. The van der Waals surface area contributed by atoms with Crippen LogP contribution in [0.15, 0.2) is 30.3 Å². The van der Waals surface area contributed by atoms with E-state index in [-0.39, 0.29) is 5.91 Å². The van der Waals surface area contributed by atoms with Crippen LogP contribution in [-0.2, 0) is 20.7 Å². The van der Waals surface area contributed by atoms with E-state index < -0.39 is 12.1 Å². The Morgan fingerprint density at radius 1 is 1.29 bits per heavy atom. The molecule has 1 aliphatic rings. The second-order valence-corrected chi connectivity index (χ2v) is 4.82. The Morgan fingerprint density at radius 2 is 1.95 bits per heavy atom. The topological polar surface area (TPSA) is 67.9 Å². The third-order valence-electron chi connectivity index (χ3n) is 3.38.